The number of pyridine rings is 1. The van der Waals surface area contributed by atoms with Crippen molar-refractivity contribution in [2.75, 3.05) is 13.1 Å². The first-order valence-corrected chi connectivity index (χ1v) is 5.07. The molecule has 13 heavy (non-hydrogen) atoms. The first kappa shape index (κ1) is 7.51. The Morgan fingerprint density at radius 3 is 3.38 bits per heavy atom. The maximum absolute atomic E-state index is 4.22. The van der Waals surface area contributed by atoms with Crippen LogP contribution in [0.3, 0.4) is 0 Å². The summed E-state index contributed by atoms with van der Waals surface area (Å²) in [5.41, 5.74) is 3.03. The SMILES string of the molecule is c1cc2c(cn1)[C@@H]1CNCC(C2)C1. The summed E-state index contributed by atoms with van der Waals surface area (Å²) in [6.07, 6.45) is 6.60. The van der Waals surface area contributed by atoms with Gasteiger partial charge in [0.25, 0.3) is 0 Å². The van der Waals surface area contributed by atoms with Crippen molar-refractivity contribution in [2.24, 2.45) is 5.92 Å². The molecule has 0 saturated carbocycles. The van der Waals surface area contributed by atoms with Crippen molar-refractivity contribution in [1.82, 2.24) is 10.3 Å². The molecule has 1 aromatic rings. The predicted octanol–water partition coefficient (Wildman–Crippen LogP) is 1.33. The second-order valence-electron chi connectivity index (χ2n) is 4.24. The highest BCUT2D eigenvalue weighted by molar-refractivity contribution is 5.31. The van der Waals surface area contributed by atoms with E-state index >= 15 is 0 Å². The topological polar surface area (TPSA) is 24.9 Å². The summed E-state index contributed by atoms with van der Waals surface area (Å²) >= 11 is 0. The monoisotopic (exact) mass is 174 g/mol. The zero-order chi connectivity index (χ0) is 8.67. The molecule has 1 fully saturated rings. The Hall–Kier alpha value is -0.890. The average Bonchev–Trinajstić information content (AvgIpc) is 2.18. The van der Waals surface area contributed by atoms with Crippen molar-refractivity contribution in [3.05, 3.63) is 29.6 Å². The molecule has 2 nitrogen and oxygen atoms in total. The zero-order valence-electron chi connectivity index (χ0n) is 7.66. The predicted molar refractivity (Wildman–Crippen MR) is 51.7 cm³/mol. The number of rotatable bonds is 0. The van der Waals surface area contributed by atoms with Crippen LogP contribution in [0.2, 0.25) is 0 Å². The van der Waals surface area contributed by atoms with Gasteiger partial charge in [-0.1, -0.05) is 0 Å². The summed E-state index contributed by atoms with van der Waals surface area (Å²) in [4.78, 5) is 4.22. The van der Waals surface area contributed by atoms with Gasteiger partial charge in [0.1, 0.15) is 0 Å². The van der Waals surface area contributed by atoms with Crippen molar-refractivity contribution < 1.29 is 0 Å². The molecule has 1 saturated heterocycles. The Morgan fingerprint density at radius 2 is 2.38 bits per heavy atom. The van der Waals surface area contributed by atoms with Crippen LogP contribution in [0.15, 0.2) is 18.5 Å². The molecule has 1 aromatic heterocycles. The molecule has 3 rings (SSSR count). The van der Waals surface area contributed by atoms with Gasteiger partial charge in [0.2, 0.25) is 0 Å². The summed E-state index contributed by atoms with van der Waals surface area (Å²) in [6, 6.07) is 2.19. The molecule has 1 aliphatic heterocycles. The van der Waals surface area contributed by atoms with Gasteiger partial charge in [-0.2, -0.15) is 0 Å². The molecule has 0 amide bonds. The molecule has 2 heterocycles. The van der Waals surface area contributed by atoms with Crippen molar-refractivity contribution in [1.29, 1.82) is 0 Å². The standard InChI is InChI=1S/C11H14N2/c1-2-12-7-11-9(1)3-8-4-10(11)6-13-5-8/h1-2,7-8,10,13H,3-6H2/t8?,10-/m0/s1. The Balaban J connectivity index is 2.06. The summed E-state index contributed by atoms with van der Waals surface area (Å²) in [7, 11) is 0. The molecule has 0 aromatic carbocycles. The molecular weight excluding hydrogens is 160 g/mol. The van der Waals surface area contributed by atoms with E-state index in [4.69, 9.17) is 0 Å². The lowest BCUT2D eigenvalue weighted by molar-refractivity contribution is 0.317. The van der Waals surface area contributed by atoms with Crippen LogP contribution in [-0.4, -0.2) is 18.1 Å². The Kier molecular flexibility index (Phi) is 1.62. The quantitative estimate of drug-likeness (QED) is 0.642. The van der Waals surface area contributed by atoms with Gasteiger partial charge in [0.05, 0.1) is 0 Å². The van der Waals surface area contributed by atoms with Gasteiger partial charge in [0, 0.05) is 18.9 Å². The maximum Gasteiger partial charge on any atom is 0.0305 e. The van der Waals surface area contributed by atoms with E-state index in [9.17, 15) is 0 Å². The fraction of sp³-hybridized carbons (Fsp3) is 0.545. The lowest BCUT2D eigenvalue weighted by Crippen LogP contribution is -2.39. The van der Waals surface area contributed by atoms with Gasteiger partial charge in [-0.15, -0.1) is 0 Å². The average molecular weight is 174 g/mol. The number of piperidine rings is 1. The molecule has 0 spiro atoms. The maximum atomic E-state index is 4.22. The van der Waals surface area contributed by atoms with Crippen LogP contribution in [-0.2, 0) is 6.42 Å². The van der Waals surface area contributed by atoms with Crippen LogP contribution < -0.4 is 5.32 Å². The summed E-state index contributed by atoms with van der Waals surface area (Å²) in [6.45, 7) is 2.35. The normalized spacial score (nSPS) is 31.1. The van der Waals surface area contributed by atoms with E-state index in [0.717, 1.165) is 18.4 Å². The summed E-state index contributed by atoms with van der Waals surface area (Å²) < 4.78 is 0. The molecule has 1 unspecified atom stereocenters. The van der Waals surface area contributed by atoms with E-state index in [1.54, 1.807) is 0 Å². The van der Waals surface area contributed by atoms with Gasteiger partial charge in [-0.25, -0.2) is 0 Å². The number of hydrogen-bond acceptors (Lipinski definition) is 2. The van der Waals surface area contributed by atoms with E-state index in [-0.39, 0.29) is 0 Å². The Labute approximate surface area is 78.4 Å². The third-order valence-electron chi connectivity index (χ3n) is 3.34. The van der Waals surface area contributed by atoms with E-state index in [0.29, 0.717) is 0 Å². The van der Waals surface area contributed by atoms with Crippen LogP contribution in [0.5, 0.6) is 0 Å². The van der Waals surface area contributed by atoms with Crippen molar-refractivity contribution in [2.45, 2.75) is 18.8 Å². The van der Waals surface area contributed by atoms with Crippen molar-refractivity contribution in [3.8, 4) is 0 Å². The highest BCUT2D eigenvalue weighted by atomic mass is 14.9. The van der Waals surface area contributed by atoms with Gasteiger partial charge in [0.15, 0.2) is 0 Å². The molecule has 2 bridgehead atoms. The minimum atomic E-state index is 0.733. The first-order valence-electron chi connectivity index (χ1n) is 5.07. The highest BCUT2D eigenvalue weighted by Gasteiger charge is 2.29. The third-order valence-corrected chi connectivity index (χ3v) is 3.34. The zero-order valence-corrected chi connectivity index (χ0v) is 7.66. The highest BCUT2D eigenvalue weighted by Crippen LogP contribution is 2.35. The summed E-state index contributed by atoms with van der Waals surface area (Å²) in [5.74, 6) is 1.60. The Bertz CT molecular complexity index is 322. The van der Waals surface area contributed by atoms with E-state index in [1.807, 2.05) is 6.20 Å². The number of nitrogens with zero attached hydrogens (tertiary/aromatic N) is 1. The molecule has 2 heteroatoms. The number of fused-ring (bicyclic) bond motifs is 4. The fourth-order valence-electron chi connectivity index (χ4n) is 2.72. The van der Waals surface area contributed by atoms with E-state index in [1.165, 1.54) is 30.5 Å². The van der Waals surface area contributed by atoms with Crippen LogP contribution in [0.1, 0.15) is 23.5 Å². The molecule has 2 atom stereocenters. The molecular formula is C11H14N2. The van der Waals surface area contributed by atoms with E-state index < -0.39 is 0 Å². The first-order chi connectivity index (χ1) is 6.43. The second kappa shape index (κ2) is 2.81. The molecule has 68 valence electrons. The molecule has 0 radical (unpaired) electrons. The fourth-order valence-corrected chi connectivity index (χ4v) is 2.72. The second-order valence-corrected chi connectivity index (χ2v) is 4.24. The summed E-state index contributed by atoms with van der Waals surface area (Å²) in [5, 5.41) is 3.50. The molecule has 1 N–H and O–H groups in total. The van der Waals surface area contributed by atoms with Crippen LogP contribution >= 0.6 is 0 Å². The molecule has 2 aliphatic rings. The lowest BCUT2D eigenvalue weighted by Gasteiger charge is -2.36. The minimum absolute atomic E-state index is 0.733. The number of hydrogen-bond donors (Lipinski definition) is 1. The van der Waals surface area contributed by atoms with Crippen LogP contribution in [0.25, 0.3) is 0 Å². The van der Waals surface area contributed by atoms with Crippen molar-refractivity contribution >= 4 is 0 Å². The van der Waals surface area contributed by atoms with Gasteiger partial charge in [-0.3, -0.25) is 4.98 Å². The largest absolute Gasteiger partial charge is 0.316 e. The lowest BCUT2D eigenvalue weighted by atomic mass is 9.75. The number of nitrogens with one attached hydrogen (secondary N) is 1. The Morgan fingerprint density at radius 1 is 1.38 bits per heavy atom. The van der Waals surface area contributed by atoms with E-state index in [2.05, 4.69) is 22.6 Å². The van der Waals surface area contributed by atoms with Crippen molar-refractivity contribution in [3.63, 3.8) is 0 Å². The number of aromatic nitrogens is 1. The third kappa shape index (κ3) is 1.17. The minimum Gasteiger partial charge on any atom is -0.316 e. The smallest absolute Gasteiger partial charge is 0.0305 e. The van der Waals surface area contributed by atoms with Crippen LogP contribution in [0.4, 0.5) is 0 Å². The van der Waals surface area contributed by atoms with Gasteiger partial charge in [-0.05, 0) is 48.4 Å². The van der Waals surface area contributed by atoms with Gasteiger partial charge < -0.3 is 5.32 Å². The van der Waals surface area contributed by atoms with Gasteiger partial charge >= 0.3 is 0 Å². The molecule has 1 aliphatic carbocycles. The van der Waals surface area contributed by atoms with Crippen LogP contribution in [0, 0.1) is 5.92 Å².